The van der Waals surface area contributed by atoms with E-state index in [0.717, 1.165) is 24.3 Å². The molecule has 2 rings (SSSR count). The number of anilines is 1. The minimum Gasteiger partial charge on any atom is -0.394 e. The number of ether oxygens (including phenoxy) is 1. The second-order valence-corrected chi connectivity index (χ2v) is 5.64. The number of nitrogens with one attached hydrogen (secondary N) is 1. The van der Waals surface area contributed by atoms with Gasteiger partial charge in [0.25, 0.3) is 0 Å². The SMILES string of the molecule is CCNC(C)c1cc(F)ccc1N1CC(C)OC(CO)C1. The monoisotopic (exact) mass is 296 g/mol. The van der Waals surface area contributed by atoms with Crippen molar-refractivity contribution in [1.82, 2.24) is 5.32 Å². The van der Waals surface area contributed by atoms with Gasteiger partial charge < -0.3 is 20.1 Å². The Morgan fingerprint density at radius 1 is 1.48 bits per heavy atom. The van der Waals surface area contributed by atoms with Crippen LogP contribution in [0.5, 0.6) is 0 Å². The summed E-state index contributed by atoms with van der Waals surface area (Å²) in [5.74, 6) is -0.224. The van der Waals surface area contributed by atoms with Gasteiger partial charge in [-0.1, -0.05) is 6.92 Å². The van der Waals surface area contributed by atoms with Crippen molar-refractivity contribution in [2.75, 3.05) is 31.1 Å². The molecule has 21 heavy (non-hydrogen) atoms. The van der Waals surface area contributed by atoms with Crippen LogP contribution in [0.4, 0.5) is 10.1 Å². The number of rotatable bonds is 5. The van der Waals surface area contributed by atoms with Gasteiger partial charge in [0.2, 0.25) is 0 Å². The van der Waals surface area contributed by atoms with Gasteiger partial charge in [0, 0.05) is 24.8 Å². The first-order valence-electron chi connectivity index (χ1n) is 7.59. The summed E-state index contributed by atoms with van der Waals surface area (Å²) in [6.45, 7) is 8.26. The summed E-state index contributed by atoms with van der Waals surface area (Å²) in [5, 5.41) is 12.7. The average Bonchev–Trinajstić information content (AvgIpc) is 2.46. The van der Waals surface area contributed by atoms with Gasteiger partial charge in [0.15, 0.2) is 0 Å². The molecule has 3 atom stereocenters. The molecule has 0 radical (unpaired) electrons. The van der Waals surface area contributed by atoms with Crippen molar-refractivity contribution < 1.29 is 14.2 Å². The first kappa shape index (κ1) is 16.2. The maximum Gasteiger partial charge on any atom is 0.123 e. The Bertz CT molecular complexity index is 470. The van der Waals surface area contributed by atoms with Crippen LogP contribution in [0.25, 0.3) is 0 Å². The van der Waals surface area contributed by atoms with Crippen molar-refractivity contribution in [2.24, 2.45) is 0 Å². The highest BCUT2D eigenvalue weighted by molar-refractivity contribution is 5.55. The summed E-state index contributed by atoms with van der Waals surface area (Å²) in [6, 6.07) is 4.99. The van der Waals surface area contributed by atoms with Crippen LogP contribution < -0.4 is 10.2 Å². The third-order valence-corrected chi connectivity index (χ3v) is 3.84. The number of halogens is 1. The zero-order chi connectivity index (χ0) is 15.4. The van der Waals surface area contributed by atoms with Gasteiger partial charge in [-0.15, -0.1) is 0 Å². The molecule has 1 aliphatic rings. The Morgan fingerprint density at radius 3 is 2.90 bits per heavy atom. The van der Waals surface area contributed by atoms with Crippen LogP contribution in [0.3, 0.4) is 0 Å². The highest BCUT2D eigenvalue weighted by atomic mass is 19.1. The van der Waals surface area contributed by atoms with Crippen molar-refractivity contribution in [2.45, 2.75) is 39.0 Å². The highest BCUT2D eigenvalue weighted by Crippen LogP contribution is 2.29. The molecule has 1 aromatic rings. The summed E-state index contributed by atoms with van der Waals surface area (Å²) >= 11 is 0. The Balaban J connectivity index is 2.29. The van der Waals surface area contributed by atoms with E-state index in [9.17, 15) is 9.50 Å². The lowest BCUT2D eigenvalue weighted by Crippen LogP contribution is -2.48. The van der Waals surface area contributed by atoms with Gasteiger partial charge in [-0.2, -0.15) is 0 Å². The molecule has 2 N–H and O–H groups in total. The molecule has 0 spiro atoms. The van der Waals surface area contributed by atoms with E-state index in [-0.39, 0.29) is 30.7 Å². The van der Waals surface area contributed by atoms with Gasteiger partial charge >= 0.3 is 0 Å². The molecular weight excluding hydrogens is 271 g/mol. The zero-order valence-electron chi connectivity index (χ0n) is 13.0. The Labute approximate surface area is 125 Å². The molecule has 1 fully saturated rings. The highest BCUT2D eigenvalue weighted by Gasteiger charge is 2.27. The van der Waals surface area contributed by atoms with Gasteiger partial charge in [-0.05, 0) is 44.2 Å². The molecule has 1 aromatic carbocycles. The van der Waals surface area contributed by atoms with Crippen LogP contribution in [0.2, 0.25) is 0 Å². The zero-order valence-corrected chi connectivity index (χ0v) is 13.0. The van der Waals surface area contributed by atoms with Gasteiger partial charge in [0.1, 0.15) is 5.82 Å². The molecule has 0 saturated carbocycles. The van der Waals surface area contributed by atoms with E-state index >= 15 is 0 Å². The smallest absolute Gasteiger partial charge is 0.123 e. The standard InChI is InChI=1S/C16H25FN2O2/c1-4-18-12(3)15-7-13(17)5-6-16(15)19-8-11(2)21-14(9-19)10-20/h5-7,11-12,14,18,20H,4,8-10H2,1-3H3. The molecule has 1 aliphatic heterocycles. The Morgan fingerprint density at radius 2 is 2.24 bits per heavy atom. The molecule has 0 bridgehead atoms. The minimum absolute atomic E-state index is 0.000131. The van der Waals surface area contributed by atoms with E-state index in [1.54, 1.807) is 6.07 Å². The number of hydrogen-bond acceptors (Lipinski definition) is 4. The lowest BCUT2D eigenvalue weighted by atomic mass is 10.0. The Hall–Kier alpha value is -1.17. The van der Waals surface area contributed by atoms with Crippen LogP contribution >= 0.6 is 0 Å². The predicted octanol–water partition coefficient (Wildman–Crippen LogP) is 2.08. The maximum absolute atomic E-state index is 13.6. The molecule has 1 saturated heterocycles. The first-order chi connectivity index (χ1) is 10.0. The molecule has 3 unspecified atom stereocenters. The predicted molar refractivity (Wildman–Crippen MR) is 82.1 cm³/mol. The summed E-state index contributed by atoms with van der Waals surface area (Å²) in [7, 11) is 0. The van der Waals surface area contributed by atoms with E-state index in [0.29, 0.717) is 6.54 Å². The molecule has 5 heteroatoms. The molecule has 0 amide bonds. The number of nitrogens with zero attached hydrogens (tertiary/aromatic N) is 1. The van der Waals surface area contributed by atoms with Crippen LogP contribution in [-0.4, -0.2) is 43.6 Å². The third-order valence-electron chi connectivity index (χ3n) is 3.84. The summed E-state index contributed by atoms with van der Waals surface area (Å²) in [4.78, 5) is 2.18. The number of aliphatic hydroxyl groups excluding tert-OH is 1. The summed E-state index contributed by atoms with van der Waals surface area (Å²) < 4.78 is 19.3. The fourth-order valence-electron chi connectivity index (χ4n) is 2.92. The van der Waals surface area contributed by atoms with Crippen molar-refractivity contribution in [3.63, 3.8) is 0 Å². The van der Waals surface area contributed by atoms with Gasteiger partial charge in [0.05, 0.1) is 18.8 Å². The second-order valence-electron chi connectivity index (χ2n) is 5.64. The number of hydrogen-bond donors (Lipinski definition) is 2. The minimum atomic E-state index is -0.224. The largest absolute Gasteiger partial charge is 0.394 e. The molecule has 118 valence electrons. The molecular formula is C16H25FN2O2. The van der Waals surface area contributed by atoms with Crippen molar-refractivity contribution in [1.29, 1.82) is 0 Å². The van der Waals surface area contributed by atoms with Crippen LogP contribution in [0.1, 0.15) is 32.4 Å². The maximum atomic E-state index is 13.6. The number of benzene rings is 1. The lowest BCUT2D eigenvalue weighted by Gasteiger charge is -2.39. The number of morpholine rings is 1. The van der Waals surface area contributed by atoms with E-state index in [2.05, 4.69) is 10.2 Å². The van der Waals surface area contributed by atoms with Crippen LogP contribution in [0, 0.1) is 5.82 Å². The average molecular weight is 296 g/mol. The van der Waals surface area contributed by atoms with Crippen molar-refractivity contribution in [3.05, 3.63) is 29.6 Å². The quantitative estimate of drug-likeness (QED) is 0.873. The summed E-state index contributed by atoms with van der Waals surface area (Å²) in [5.41, 5.74) is 1.96. The fraction of sp³-hybridized carbons (Fsp3) is 0.625. The van der Waals surface area contributed by atoms with Gasteiger partial charge in [-0.25, -0.2) is 4.39 Å². The van der Waals surface area contributed by atoms with Crippen molar-refractivity contribution >= 4 is 5.69 Å². The normalized spacial score (nSPS) is 24.1. The van der Waals surface area contributed by atoms with Crippen LogP contribution in [0.15, 0.2) is 18.2 Å². The van der Waals surface area contributed by atoms with Gasteiger partial charge in [-0.3, -0.25) is 0 Å². The van der Waals surface area contributed by atoms with Crippen LogP contribution in [-0.2, 0) is 4.74 Å². The first-order valence-corrected chi connectivity index (χ1v) is 7.59. The molecule has 0 aliphatic carbocycles. The summed E-state index contributed by atoms with van der Waals surface area (Å²) in [6.07, 6.45) is -0.149. The molecule has 4 nitrogen and oxygen atoms in total. The van der Waals surface area contributed by atoms with E-state index in [4.69, 9.17) is 4.74 Å². The second kappa shape index (κ2) is 7.20. The Kier molecular flexibility index (Phi) is 5.56. The number of aliphatic hydroxyl groups is 1. The third kappa shape index (κ3) is 3.93. The molecule has 0 aromatic heterocycles. The topological polar surface area (TPSA) is 44.7 Å². The van der Waals surface area contributed by atoms with Crippen molar-refractivity contribution in [3.8, 4) is 0 Å². The lowest BCUT2D eigenvalue weighted by molar-refractivity contribution is -0.0421. The van der Waals surface area contributed by atoms with E-state index in [1.807, 2.05) is 26.8 Å². The van der Waals surface area contributed by atoms with E-state index in [1.165, 1.54) is 6.07 Å². The van der Waals surface area contributed by atoms with E-state index < -0.39 is 0 Å². The molecule has 1 heterocycles. The fourth-order valence-corrected chi connectivity index (χ4v) is 2.92.